The summed E-state index contributed by atoms with van der Waals surface area (Å²) in [5.74, 6) is -0.711. The second-order valence-electron chi connectivity index (χ2n) is 8.68. The van der Waals surface area contributed by atoms with Crippen LogP contribution < -0.4 is 4.90 Å². The monoisotopic (exact) mass is 613 g/mol. The molecular formula is C27H15Cl2F6N3OS. The van der Waals surface area contributed by atoms with Gasteiger partial charge in [-0.15, -0.1) is 0 Å². The number of rotatable bonds is 3. The van der Waals surface area contributed by atoms with Crippen molar-refractivity contribution >= 4 is 74.4 Å². The number of carbonyl (C=O) groups is 1. The van der Waals surface area contributed by atoms with Crippen LogP contribution in [0.2, 0.25) is 10.0 Å². The second kappa shape index (κ2) is 10.2. The molecule has 206 valence electrons. The van der Waals surface area contributed by atoms with Gasteiger partial charge < -0.3 is 4.57 Å². The number of benzene rings is 3. The molecule has 5 rings (SSSR count). The fraction of sp³-hybridized carbons (Fsp3) is 0.111. The molecule has 0 radical (unpaired) electrons. The topological polar surface area (TPSA) is 37.6 Å². The van der Waals surface area contributed by atoms with Crippen LogP contribution in [-0.4, -0.2) is 15.6 Å². The van der Waals surface area contributed by atoms with Crippen molar-refractivity contribution < 1.29 is 31.1 Å². The van der Waals surface area contributed by atoms with Gasteiger partial charge >= 0.3 is 12.4 Å². The average Bonchev–Trinajstić information content (AvgIpc) is 3.35. The third-order valence-electron chi connectivity index (χ3n) is 6.01. The third kappa shape index (κ3) is 5.33. The number of anilines is 1. The van der Waals surface area contributed by atoms with Gasteiger partial charge in [-0.3, -0.25) is 9.69 Å². The number of aliphatic imine (C=N–C) groups is 1. The molecule has 13 heteroatoms. The zero-order valence-corrected chi connectivity index (χ0v) is 22.4. The SMILES string of the molecule is Cn1cc(/C=C2\SC(=Nc3ccc(Cl)c(C(F)(F)F)c3)N(c3ccc(Cl)c(C(F)(F)F)c3)C2=O)c2ccccc21. The van der Waals surface area contributed by atoms with Gasteiger partial charge in [-0.05, 0) is 60.3 Å². The van der Waals surface area contributed by atoms with Crippen molar-refractivity contribution in [3.05, 3.63) is 98.5 Å². The summed E-state index contributed by atoms with van der Waals surface area (Å²) in [4.78, 5) is 18.8. The number of hydrogen-bond donors (Lipinski definition) is 0. The van der Waals surface area contributed by atoms with E-state index in [4.69, 9.17) is 23.2 Å². The Labute approximate surface area is 237 Å². The van der Waals surface area contributed by atoms with Crippen LogP contribution in [-0.2, 0) is 24.2 Å². The maximum absolute atomic E-state index is 13.6. The van der Waals surface area contributed by atoms with E-state index >= 15 is 0 Å². The van der Waals surface area contributed by atoms with Crippen LogP contribution in [0, 0.1) is 0 Å². The Morgan fingerprint density at radius 1 is 0.875 bits per heavy atom. The minimum absolute atomic E-state index is 0.101. The van der Waals surface area contributed by atoms with Crippen molar-refractivity contribution in [2.75, 3.05) is 4.90 Å². The van der Waals surface area contributed by atoms with Crippen molar-refractivity contribution in [1.29, 1.82) is 0 Å². The first-order chi connectivity index (χ1) is 18.7. The number of hydrogen-bond acceptors (Lipinski definition) is 3. The van der Waals surface area contributed by atoms with Gasteiger partial charge in [0.05, 0.1) is 37.5 Å². The smallest absolute Gasteiger partial charge is 0.350 e. The summed E-state index contributed by atoms with van der Waals surface area (Å²) in [7, 11) is 1.82. The lowest BCUT2D eigenvalue weighted by Gasteiger charge is -2.18. The van der Waals surface area contributed by atoms with Gasteiger partial charge in [-0.1, -0.05) is 41.4 Å². The molecule has 0 aliphatic carbocycles. The summed E-state index contributed by atoms with van der Waals surface area (Å²) in [6.45, 7) is 0. The van der Waals surface area contributed by atoms with Gasteiger partial charge in [0.25, 0.3) is 5.91 Å². The van der Waals surface area contributed by atoms with E-state index in [-0.39, 0.29) is 21.4 Å². The van der Waals surface area contributed by atoms with Crippen molar-refractivity contribution in [3.63, 3.8) is 0 Å². The molecule has 1 fully saturated rings. The number of aromatic nitrogens is 1. The maximum atomic E-state index is 13.6. The second-order valence-corrected chi connectivity index (χ2v) is 10.5. The summed E-state index contributed by atoms with van der Waals surface area (Å²) >= 11 is 12.3. The fourth-order valence-electron chi connectivity index (χ4n) is 4.19. The van der Waals surface area contributed by atoms with Crippen LogP contribution in [0.1, 0.15) is 16.7 Å². The molecule has 1 aliphatic heterocycles. The van der Waals surface area contributed by atoms with E-state index in [0.717, 1.165) is 39.7 Å². The molecule has 2 heterocycles. The zero-order valence-electron chi connectivity index (χ0n) is 20.1. The maximum Gasteiger partial charge on any atom is 0.417 e. The molecule has 0 atom stereocenters. The number of aryl methyl sites for hydroxylation is 1. The largest absolute Gasteiger partial charge is 0.417 e. The third-order valence-corrected chi connectivity index (χ3v) is 7.64. The predicted molar refractivity (Wildman–Crippen MR) is 146 cm³/mol. The molecule has 40 heavy (non-hydrogen) atoms. The Morgan fingerprint density at radius 2 is 1.50 bits per heavy atom. The summed E-state index contributed by atoms with van der Waals surface area (Å²) in [5.41, 5.74) is -1.19. The standard InChI is InChI=1S/C27H15Cl2F6N3OS/c1-37-13-14(17-4-2-3-5-22(17)37)10-23-24(39)38(16-7-9-21(29)19(12-16)27(33,34)35)25(40-23)36-15-6-8-20(28)18(11-15)26(30,31)32/h2-13H,1H3/b23-10-,36-25?. The lowest BCUT2D eigenvalue weighted by Crippen LogP contribution is -2.29. The summed E-state index contributed by atoms with van der Waals surface area (Å²) in [6, 6.07) is 13.2. The lowest BCUT2D eigenvalue weighted by atomic mass is 10.1. The van der Waals surface area contributed by atoms with Crippen LogP contribution in [0.25, 0.3) is 17.0 Å². The minimum Gasteiger partial charge on any atom is -0.350 e. The highest BCUT2D eigenvalue weighted by Gasteiger charge is 2.39. The van der Waals surface area contributed by atoms with Crippen molar-refractivity contribution in [1.82, 2.24) is 4.57 Å². The van der Waals surface area contributed by atoms with Crippen molar-refractivity contribution in [2.45, 2.75) is 12.4 Å². The quantitative estimate of drug-likeness (QED) is 0.170. The van der Waals surface area contributed by atoms with E-state index in [2.05, 4.69) is 4.99 Å². The minimum atomic E-state index is -4.82. The number of fused-ring (bicyclic) bond motifs is 1. The van der Waals surface area contributed by atoms with Gasteiger partial charge in [0.1, 0.15) is 0 Å². The first-order valence-electron chi connectivity index (χ1n) is 11.3. The molecule has 4 nitrogen and oxygen atoms in total. The number of thioether (sulfide) groups is 1. The fourth-order valence-corrected chi connectivity index (χ4v) is 5.63. The Bertz CT molecular complexity index is 1730. The van der Waals surface area contributed by atoms with E-state index in [1.807, 2.05) is 35.9 Å². The highest BCUT2D eigenvalue weighted by molar-refractivity contribution is 8.19. The van der Waals surface area contributed by atoms with Gasteiger partial charge in [-0.25, -0.2) is 4.99 Å². The van der Waals surface area contributed by atoms with E-state index in [0.29, 0.717) is 17.7 Å². The summed E-state index contributed by atoms with van der Waals surface area (Å²) in [6.07, 6.45) is -6.25. The molecule has 1 aromatic heterocycles. The van der Waals surface area contributed by atoms with E-state index in [9.17, 15) is 31.1 Å². The van der Waals surface area contributed by atoms with Gasteiger partial charge in [0.2, 0.25) is 0 Å². The highest BCUT2D eigenvalue weighted by atomic mass is 35.5. The van der Waals surface area contributed by atoms with Gasteiger partial charge in [-0.2, -0.15) is 26.3 Å². The van der Waals surface area contributed by atoms with Crippen LogP contribution in [0.4, 0.5) is 37.7 Å². The molecule has 0 bridgehead atoms. The van der Waals surface area contributed by atoms with Crippen LogP contribution in [0.3, 0.4) is 0 Å². The Balaban J connectivity index is 1.67. The van der Waals surface area contributed by atoms with Crippen LogP contribution in [0.5, 0.6) is 0 Å². The number of amides is 1. The van der Waals surface area contributed by atoms with E-state index in [1.54, 1.807) is 12.3 Å². The van der Waals surface area contributed by atoms with Gasteiger partial charge in [0, 0.05) is 29.7 Å². The first-order valence-corrected chi connectivity index (χ1v) is 12.9. The molecule has 4 aromatic rings. The summed E-state index contributed by atoms with van der Waals surface area (Å²) in [5, 5.41) is -0.454. The lowest BCUT2D eigenvalue weighted by molar-refractivity contribution is -0.138. The average molecular weight is 614 g/mol. The molecule has 0 N–H and O–H groups in total. The molecular weight excluding hydrogens is 599 g/mol. The predicted octanol–water partition coefficient (Wildman–Crippen LogP) is 9.33. The molecule has 0 spiro atoms. The molecule has 0 unspecified atom stereocenters. The molecule has 0 saturated carbocycles. The number of carbonyl (C=O) groups excluding carboxylic acids is 1. The van der Waals surface area contributed by atoms with E-state index in [1.165, 1.54) is 12.1 Å². The van der Waals surface area contributed by atoms with Crippen molar-refractivity contribution in [2.24, 2.45) is 12.0 Å². The molecule has 1 amide bonds. The van der Waals surface area contributed by atoms with E-state index < -0.39 is 39.4 Å². The summed E-state index contributed by atoms with van der Waals surface area (Å²) < 4.78 is 83.0. The Kier molecular flexibility index (Phi) is 7.18. The zero-order chi connectivity index (χ0) is 29.0. The first kappa shape index (κ1) is 28.1. The van der Waals surface area contributed by atoms with Crippen molar-refractivity contribution in [3.8, 4) is 0 Å². The van der Waals surface area contributed by atoms with Gasteiger partial charge in [0.15, 0.2) is 5.17 Å². The molecule has 1 saturated heterocycles. The number of para-hydroxylation sites is 1. The number of halogens is 8. The Morgan fingerprint density at radius 3 is 2.17 bits per heavy atom. The Hall–Kier alpha value is -3.41. The number of amidine groups is 1. The molecule has 1 aliphatic rings. The van der Waals surface area contributed by atoms with Crippen LogP contribution >= 0.6 is 35.0 Å². The molecule has 3 aromatic carbocycles. The highest BCUT2D eigenvalue weighted by Crippen LogP contribution is 2.43. The number of alkyl halides is 6. The number of nitrogens with zero attached hydrogens (tertiary/aromatic N) is 3. The van der Waals surface area contributed by atoms with Crippen LogP contribution in [0.15, 0.2) is 76.8 Å². The normalized spacial score (nSPS) is 16.6.